The Kier molecular flexibility index (Phi) is 5.67. The summed E-state index contributed by atoms with van der Waals surface area (Å²) < 4.78 is 5.68. The quantitative estimate of drug-likeness (QED) is 0.744. The molecule has 1 saturated heterocycles. The van der Waals surface area contributed by atoms with Crippen LogP contribution in [0.3, 0.4) is 0 Å². The number of hydrogen-bond acceptors (Lipinski definition) is 3. The molecular formula is C18H28N2O. The first kappa shape index (κ1) is 15.0. The maximum atomic E-state index is 5.68. The van der Waals surface area contributed by atoms with E-state index in [1.54, 1.807) is 0 Å². The molecule has 1 aliphatic carbocycles. The molecule has 2 aliphatic rings. The number of rotatable bonds is 8. The summed E-state index contributed by atoms with van der Waals surface area (Å²) in [5.74, 6) is 0.881. The molecule has 1 aliphatic heterocycles. The molecule has 0 unspecified atom stereocenters. The molecule has 116 valence electrons. The molecule has 3 heteroatoms. The summed E-state index contributed by atoms with van der Waals surface area (Å²) in [7, 11) is 0. The van der Waals surface area contributed by atoms with E-state index in [0.717, 1.165) is 32.2 Å². The van der Waals surface area contributed by atoms with E-state index >= 15 is 0 Å². The lowest BCUT2D eigenvalue weighted by atomic mass is 10.0. The molecule has 0 aromatic heterocycles. The Morgan fingerprint density at radius 3 is 2.52 bits per heavy atom. The van der Waals surface area contributed by atoms with Gasteiger partial charge in [0.05, 0.1) is 6.61 Å². The van der Waals surface area contributed by atoms with E-state index in [1.165, 1.54) is 44.3 Å². The van der Waals surface area contributed by atoms with Crippen molar-refractivity contribution in [1.82, 2.24) is 10.2 Å². The second-order valence-corrected chi connectivity index (χ2v) is 6.51. The van der Waals surface area contributed by atoms with Gasteiger partial charge < -0.3 is 10.1 Å². The summed E-state index contributed by atoms with van der Waals surface area (Å²) >= 11 is 0. The van der Waals surface area contributed by atoms with Gasteiger partial charge in [-0.05, 0) is 50.3 Å². The zero-order chi connectivity index (χ0) is 14.3. The van der Waals surface area contributed by atoms with Crippen LogP contribution < -0.4 is 5.32 Å². The fraction of sp³-hybridized carbons (Fsp3) is 0.667. The Morgan fingerprint density at radius 1 is 1.05 bits per heavy atom. The molecule has 1 N–H and O–H groups in total. The minimum Gasteiger partial charge on any atom is -0.380 e. The van der Waals surface area contributed by atoms with Gasteiger partial charge in [-0.25, -0.2) is 0 Å². The van der Waals surface area contributed by atoms with Crippen LogP contribution in [0.25, 0.3) is 0 Å². The molecule has 1 heterocycles. The summed E-state index contributed by atoms with van der Waals surface area (Å²) in [6.45, 7) is 6.37. The van der Waals surface area contributed by atoms with Crippen LogP contribution >= 0.6 is 0 Å². The Hall–Kier alpha value is -0.900. The third-order valence-corrected chi connectivity index (χ3v) is 4.57. The van der Waals surface area contributed by atoms with Gasteiger partial charge in [-0.15, -0.1) is 0 Å². The fourth-order valence-electron chi connectivity index (χ4n) is 3.01. The molecule has 0 bridgehead atoms. The van der Waals surface area contributed by atoms with Crippen LogP contribution in [-0.2, 0) is 11.3 Å². The monoisotopic (exact) mass is 288 g/mol. The zero-order valence-electron chi connectivity index (χ0n) is 13.0. The van der Waals surface area contributed by atoms with Gasteiger partial charge in [0.15, 0.2) is 0 Å². The van der Waals surface area contributed by atoms with Gasteiger partial charge in [-0.1, -0.05) is 30.3 Å². The number of piperidine rings is 1. The third kappa shape index (κ3) is 5.42. The molecule has 0 radical (unpaired) electrons. The molecule has 3 rings (SSSR count). The van der Waals surface area contributed by atoms with Gasteiger partial charge in [0.1, 0.15) is 0 Å². The minimum atomic E-state index is 0.682. The average Bonchev–Trinajstić information content (AvgIpc) is 3.34. The third-order valence-electron chi connectivity index (χ3n) is 4.57. The first-order valence-corrected chi connectivity index (χ1v) is 8.47. The van der Waals surface area contributed by atoms with Crippen LogP contribution in [0.15, 0.2) is 30.3 Å². The highest BCUT2D eigenvalue weighted by atomic mass is 16.5. The zero-order valence-corrected chi connectivity index (χ0v) is 13.0. The normalized spacial score (nSPS) is 20.8. The van der Waals surface area contributed by atoms with Gasteiger partial charge >= 0.3 is 0 Å². The van der Waals surface area contributed by atoms with Crippen molar-refractivity contribution in [3.63, 3.8) is 0 Å². The van der Waals surface area contributed by atoms with Crippen molar-refractivity contribution in [3.05, 3.63) is 35.9 Å². The summed E-state index contributed by atoms with van der Waals surface area (Å²) in [6.07, 6.45) is 5.28. The van der Waals surface area contributed by atoms with Crippen molar-refractivity contribution in [2.24, 2.45) is 5.92 Å². The number of nitrogens with one attached hydrogen (secondary N) is 1. The van der Waals surface area contributed by atoms with Crippen molar-refractivity contribution >= 4 is 0 Å². The van der Waals surface area contributed by atoms with Gasteiger partial charge in [-0.3, -0.25) is 4.90 Å². The number of hydrogen-bond donors (Lipinski definition) is 1. The van der Waals surface area contributed by atoms with Crippen LogP contribution in [-0.4, -0.2) is 43.8 Å². The summed E-state index contributed by atoms with van der Waals surface area (Å²) in [5.41, 5.74) is 1.43. The van der Waals surface area contributed by atoms with E-state index < -0.39 is 0 Å². The summed E-state index contributed by atoms with van der Waals surface area (Å²) in [6, 6.07) is 11.5. The lowest BCUT2D eigenvalue weighted by Gasteiger charge is -2.32. The Balaban J connectivity index is 1.26. The van der Waals surface area contributed by atoms with Gasteiger partial charge in [-0.2, -0.15) is 0 Å². The predicted octanol–water partition coefficient (Wildman–Crippen LogP) is 2.67. The first-order valence-electron chi connectivity index (χ1n) is 8.47. The highest BCUT2D eigenvalue weighted by Crippen LogP contribution is 2.28. The molecule has 3 nitrogen and oxygen atoms in total. The maximum absolute atomic E-state index is 5.68. The van der Waals surface area contributed by atoms with Crippen molar-refractivity contribution in [2.45, 2.75) is 38.3 Å². The first-order chi connectivity index (χ1) is 10.4. The van der Waals surface area contributed by atoms with Crippen LogP contribution in [0.4, 0.5) is 0 Å². The molecule has 0 atom stereocenters. The Labute approximate surface area is 128 Å². The van der Waals surface area contributed by atoms with Crippen molar-refractivity contribution in [1.29, 1.82) is 0 Å². The van der Waals surface area contributed by atoms with Crippen molar-refractivity contribution in [2.75, 3.05) is 32.8 Å². The second-order valence-electron chi connectivity index (χ2n) is 6.51. The van der Waals surface area contributed by atoms with Crippen LogP contribution in [0, 0.1) is 5.92 Å². The lowest BCUT2D eigenvalue weighted by Crippen LogP contribution is -2.43. The number of benzene rings is 1. The van der Waals surface area contributed by atoms with Gasteiger partial charge in [0.2, 0.25) is 0 Å². The molecule has 0 amide bonds. The topological polar surface area (TPSA) is 24.5 Å². The highest BCUT2D eigenvalue weighted by Gasteiger charge is 2.21. The Morgan fingerprint density at radius 2 is 1.81 bits per heavy atom. The molecule has 1 saturated carbocycles. The molecular weight excluding hydrogens is 260 g/mol. The number of ether oxygens (including phenoxy) is 1. The largest absolute Gasteiger partial charge is 0.380 e. The van der Waals surface area contributed by atoms with E-state index in [0.29, 0.717) is 6.04 Å². The SMILES string of the molecule is c1ccc(CN2CCC(NCCOCC3CC3)CC2)cc1. The van der Waals surface area contributed by atoms with Gasteiger partial charge in [0, 0.05) is 25.7 Å². The summed E-state index contributed by atoms with van der Waals surface area (Å²) in [4.78, 5) is 2.57. The van der Waals surface area contributed by atoms with E-state index in [4.69, 9.17) is 4.74 Å². The summed E-state index contributed by atoms with van der Waals surface area (Å²) in [5, 5.41) is 3.65. The van der Waals surface area contributed by atoms with E-state index in [1.807, 2.05) is 0 Å². The average molecular weight is 288 g/mol. The maximum Gasteiger partial charge on any atom is 0.0591 e. The lowest BCUT2D eigenvalue weighted by molar-refractivity contribution is 0.119. The molecule has 21 heavy (non-hydrogen) atoms. The van der Waals surface area contributed by atoms with Crippen molar-refractivity contribution < 1.29 is 4.74 Å². The standard InChI is InChI=1S/C18H28N2O/c1-2-4-16(5-3-1)14-20-11-8-18(9-12-20)19-10-13-21-15-17-6-7-17/h1-5,17-19H,6-15H2. The van der Waals surface area contributed by atoms with Crippen LogP contribution in [0.1, 0.15) is 31.2 Å². The van der Waals surface area contributed by atoms with Crippen LogP contribution in [0.5, 0.6) is 0 Å². The molecule has 1 aromatic rings. The number of likely N-dealkylation sites (tertiary alicyclic amines) is 1. The second kappa shape index (κ2) is 7.92. The van der Waals surface area contributed by atoms with E-state index in [2.05, 4.69) is 40.5 Å². The highest BCUT2D eigenvalue weighted by molar-refractivity contribution is 5.14. The minimum absolute atomic E-state index is 0.682. The smallest absolute Gasteiger partial charge is 0.0591 e. The molecule has 0 spiro atoms. The Bertz CT molecular complexity index is 397. The van der Waals surface area contributed by atoms with Crippen molar-refractivity contribution in [3.8, 4) is 0 Å². The van der Waals surface area contributed by atoms with Gasteiger partial charge in [0.25, 0.3) is 0 Å². The van der Waals surface area contributed by atoms with E-state index in [-0.39, 0.29) is 0 Å². The number of nitrogens with zero attached hydrogens (tertiary/aromatic N) is 1. The van der Waals surface area contributed by atoms with Crippen LogP contribution in [0.2, 0.25) is 0 Å². The molecule has 2 fully saturated rings. The molecule has 1 aromatic carbocycles. The predicted molar refractivity (Wildman–Crippen MR) is 86.3 cm³/mol. The fourth-order valence-corrected chi connectivity index (χ4v) is 3.01. The van der Waals surface area contributed by atoms with E-state index in [9.17, 15) is 0 Å².